The molecule has 162 valence electrons. The Morgan fingerprint density at radius 3 is 2.28 bits per heavy atom. The number of alkyl halides is 3. The Morgan fingerprint density at radius 2 is 1.79 bits per heavy atom. The van der Waals surface area contributed by atoms with Crippen molar-refractivity contribution in [3.8, 4) is 0 Å². The van der Waals surface area contributed by atoms with Crippen LogP contribution in [0.2, 0.25) is 0 Å². The van der Waals surface area contributed by atoms with E-state index in [1.807, 2.05) is 37.5 Å². The topological polar surface area (TPSA) is 77.0 Å². The summed E-state index contributed by atoms with van der Waals surface area (Å²) in [5.74, 6) is -2.76. The number of hydrogen-bond donors (Lipinski definition) is 1. The minimum atomic E-state index is -5.08. The number of piperidine rings is 1. The SMILES string of the molecule is CN(C)C(=O)N1CCC2(CCN(Cc3cccnc3)C2)CC1.O=C(O)C(F)(F)F. The summed E-state index contributed by atoms with van der Waals surface area (Å²) in [5, 5.41) is 7.12. The summed E-state index contributed by atoms with van der Waals surface area (Å²) in [6.07, 6.45) is 2.24. The van der Waals surface area contributed by atoms with E-state index < -0.39 is 12.1 Å². The molecule has 3 rings (SSSR count). The van der Waals surface area contributed by atoms with E-state index in [0.717, 1.165) is 45.6 Å². The van der Waals surface area contributed by atoms with Gasteiger partial charge in [-0.25, -0.2) is 9.59 Å². The molecule has 1 aromatic rings. The highest BCUT2D eigenvalue weighted by Gasteiger charge is 2.41. The first kappa shape index (κ1) is 22.9. The van der Waals surface area contributed by atoms with Crippen molar-refractivity contribution in [3.63, 3.8) is 0 Å². The van der Waals surface area contributed by atoms with E-state index in [9.17, 15) is 18.0 Å². The highest BCUT2D eigenvalue weighted by atomic mass is 19.4. The zero-order valence-corrected chi connectivity index (χ0v) is 16.7. The molecular weight excluding hydrogens is 389 g/mol. The Labute approximate surface area is 168 Å². The molecule has 0 saturated carbocycles. The molecule has 0 radical (unpaired) electrons. The molecule has 0 aliphatic carbocycles. The van der Waals surface area contributed by atoms with Crippen molar-refractivity contribution in [3.05, 3.63) is 30.1 Å². The zero-order valence-electron chi connectivity index (χ0n) is 16.7. The standard InChI is InChI=1S/C17H26N4O.C2HF3O2/c1-19(2)16(22)21-10-6-17(7-11-21)5-9-20(14-17)13-15-4-3-8-18-12-15;3-2(4,5)1(6)7/h3-4,8,12H,5-7,9-11,13-14H2,1-2H3;(H,6,7). The van der Waals surface area contributed by atoms with Gasteiger partial charge in [-0.2, -0.15) is 13.2 Å². The van der Waals surface area contributed by atoms with Gasteiger partial charge in [0.2, 0.25) is 0 Å². The number of hydrogen-bond acceptors (Lipinski definition) is 4. The number of rotatable bonds is 2. The predicted octanol–water partition coefficient (Wildman–Crippen LogP) is 2.68. The number of aliphatic carboxylic acids is 1. The maximum atomic E-state index is 12.0. The molecule has 0 bridgehead atoms. The van der Waals surface area contributed by atoms with Crippen LogP contribution < -0.4 is 0 Å². The molecule has 7 nitrogen and oxygen atoms in total. The average molecular weight is 416 g/mol. The first-order valence-electron chi connectivity index (χ1n) is 9.40. The van der Waals surface area contributed by atoms with Gasteiger partial charge in [-0.15, -0.1) is 0 Å². The zero-order chi connectivity index (χ0) is 21.7. The van der Waals surface area contributed by atoms with Gasteiger partial charge in [0.25, 0.3) is 0 Å². The molecule has 1 aromatic heterocycles. The van der Waals surface area contributed by atoms with Gasteiger partial charge in [-0.05, 0) is 42.9 Å². The van der Waals surface area contributed by atoms with Crippen LogP contribution in [0.5, 0.6) is 0 Å². The quantitative estimate of drug-likeness (QED) is 0.802. The summed E-state index contributed by atoms with van der Waals surface area (Å²) in [5.41, 5.74) is 1.71. The van der Waals surface area contributed by atoms with Crippen molar-refractivity contribution in [2.24, 2.45) is 5.41 Å². The molecule has 2 amide bonds. The number of likely N-dealkylation sites (tertiary alicyclic amines) is 2. The van der Waals surface area contributed by atoms with E-state index in [1.54, 1.807) is 4.90 Å². The number of carboxylic acid groups (broad SMARTS) is 1. The highest BCUT2D eigenvalue weighted by Crippen LogP contribution is 2.40. The fourth-order valence-electron chi connectivity index (χ4n) is 3.78. The minimum absolute atomic E-state index is 0.153. The van der Waals surface area contributed by atoms with Crippen LogP contribution in [0.25, 0.3) is 0 Å². The summed E-state index contributed by atoms with van der Waals surface area (Å²) in [6.45, 7) is 5.12. The Morgan fingerprint density at radius 1 is 1.21 bits per heavy atom. The lowest BCUT2D eigenvalue weighted by atomic mass is 9.78. The summed E-state index contributed by atoms with van der Waals surface area (Å²) in [6, 6.07) is 4.31. The fraction of sp³-hybridized carbons (Fsp3) is 0.632. The molecular formula is C19H27F3N4O3. The fourth-order valence-corrected chi connectivity index (χ4v) is 3.78. The first-order chi connectivity index (χ1) is 13.5. The van der Waals surface area contributed by atoms with Crippen molar-refractivity contribution in [1.82, 2.24) is 19.7 Å². The van der Waals surface area contributed by atoms with Crippen LogP contribution in [0.3, 0.4) is 0 Å². The maximum absolute atomic E-state index is 12.0. The number of carbonyl (C=O) groups excluding carboxylic acids is 1. The number of amides is 2. The number of urea groups is 1. The molecule has 1 spiro atoms. The van der Waals surface area contributed by atoms with E-state index in [4.69, 9.17) is 9.90 Å². The number of halogens is 3. The summed E-state index contributed by atoms with van der Waals surface area (Å²) in [7, 11) is 3.66. The van der Waals surface area contributed by atoms with Gasteiger partial charge in [0.1, 0.15) is 0 Å². The number of aromatic nitrogens is 1. The monoisotopic (exact) mass is 416 g/mol. The van der Waals surface area contributed by atoms with Gasteiger partial charge in [0, 0.05) is 52.7 Å². The molecule has 0 unspecified atom stereocenters. The number of pyridine rings is 1. The molecule has 0 atom stereocenters. The molecule has 10 heteroatoms. The predicted molar refractivity (Wildman–Crippen MR) is 100 cm³/mol. The lowest BCUT2D eigenvalue weighted by Gasteiger charge is -2.40. The van der Waals surface area contributed by atoms with Crippen LogP contribution in [0.1, 0.15) is 24.8 Å². The largest absolute Gasteiger partial charge is 0.490 e. The van der Waals surface area contributed by atoms with Crippen LogP contribution in [-0.2, 0) is 11.3 Å². The molecule has 29 heavy (non-hydrogen) atoms. The van der Waals surface area contributed by atoms with Crippen molar-refractivity contribution in [2.45, 2.75) is 32.0 Å². The van der Waals surface area contributed by atoms with Crippen LogP contribution in [0, 0.1) is 5.41 Å². The van der Waals surface area contributed by atoms with Gasteiger partial charge in [-0.1, -0.05) is 6.07 Å². The maximum Gasteiger partial charge on any atom is 0.490 e. The summed E-state index contributed by atoms with van der Waals surface area (Å²) < 4.78 is 31.7. The first-order valence-corrected chi connectivity index (χ1v) is 9.40. The molecule has 0 aromatic carbocycles. The molecule has 2 saturated heterocycles. The normalized spacial score (nSPS) is 18.9. The third kappa shape index (κ3) is 6.59. The molecule has 2 fully saturated rings. The smallest absolute Gasteiger partial charge is 0.475 e. The average Bonchev–Trinajstić information content (AvgIpc) is 3.04. The Hall–Kier alpha value is -2.36. The van der Waals surface area contributed by atoms with Crippen molar-refractivity contribution in [2.75, 3.05) is 40.3 Å². The van der Waals surface area contributed by atoms with Crippen LogP contribution in [0.4, 0.5) is 18.0 Å². The van der Waals surface area contributed by atoms with Gasteiger partial charge in [-0.3, -0.25) is 9.88 Å². The third-order valence-corrected chi connectivity index (χ3v) is 5.37. The number of carboxylic acids is 1. The van der Waals surface area contributed by atoms with Crippen molar-refractivity contribution >= 4 is 12.0 Å². The van der Waals surface area contributed by atoms with Crippen molar-refractivity contribution in [1.29, 1.82) is 0 Å². The summed E-state index contributed by atoms with van der Waals surface area (Å²) in [4.78, 5) is 31.4. The Bertz CT molecular complexity index is 690. The highest BCUT2D eigenvalue weighted by molar-refractivity contribution is 5.74. The molecule has 2 aliphatic rings. The van der Waals surface area contributed by atoms with Crippen LogP contribution in [0.15, 0.2) is 24.5 Å². The van der Waals surface area contributed by atoms with E-state index in [0.29, 0.717) is 5.41 Å². The lowest BCUT2D eigenvalue weighted by molar-refractivity contribution is -0.192. The van der Waals surface area contributed by atoms with Crippen LogP contribution in [-0.4, -0.2) is 83.2 Å². The summed E-state index contributed by atoms with van der Waals surface area (Å²) >= 11 is 0. The van der Waals surface area contributed by atoms with E-state index >= 15 is 0 Å². The Kier molecular flexibility index (Phi) is 7.45. The number of nitrogens with zero attached hydrogens (tertiary/aromatic N) is 4. The molecule has 3 heterocycles. The molecule has 1 N–H and O–H groups in total. The Balaban J connectivity index is 0.000000370. The van der Waals surface area contributed by atoms with Gasteiger partial charge in [0.15, 0.2) is 0 Å². The van der Waals surface area contributed by atoms with E-state index in [1.165, 1.54) is 12.0 Å². The van der Waals surface area contributed by atoms with Crippen molar-refractivity contribution < 1.29 is 27.9 Å². The van der Waals surface area contributed by atoms with E-state index in [2.05, 4.69) is 16.0 Å². The second-order valence-electron chi connectivity index (χ2n) is 7.79. The minimum Gasteiger partial charge on any atom is -0.475 e. The second kappa shape index (κ2) is 9.43. The van der Waals surface area contributed by atoms with E-state index in [-0.39, 0.29) is 6.03 Å². The number of carbonyl (C=O) groups is 2. The van der Waals surface area contributed by atoms with Crippen LogP contribution >= 0.6 is 0 Å². The molecule has 2 aliphatic heterocycles. The third-order valence-electron chi connectivity index (χ3n) is 5.37. The van der Waals surface area contributed by atoms with Gasteiger partial charge in [0.05, 0.1) is 0 Å². The second-order valence-corrected chi connectivity index (χ2v) is 7.79. The van der Waals surface area contributed by atoms with Gasteiger partial charge < -0.3 is 14.9 Å². The lowest BCUT2D eigenvalue weighted by Crippen LogP contribution is -2.47. The van der Waals surface area contributed by atoms with Gasteiger partial charge >= 0.3 is 18.2 Å².